The van der Waals surface area contributed by atoms with E-state index in [1.807, 2.05) is 64.9 Å². The van der Waals surface area contributed by atoms with Gasteiger partial charge >= 0.3 is 0 Å². The van der Waals surface area contributed by atoms with Crippen molar-refractivity contribution in [1.82, 2.24) is 9.88 Å². The molecule has 0 unspecified atom stereocenters. The van der Waals surface area contributed by atoms with Gasteiger partial charge < -0.3 is 14.7 Å². The predicted octanol–water partition coefficient (Wildman–Crippen LogP) is 4.62. The number of aliphatic hydroxyl groups is 1. The molecular formula is C22H21N3O2S. The second kappa shape index (κ2) is 7.86. The number of methoxy groups -OCH3 is 1. The molecule has 0 saturated heterocycles. The molecule has 0 aliphatic carbocycles. The third kappa shape index (κ3) is 3.51. The van der Waals surface area contributed by atoms with Crippen molar-refractivity contribution in [2.75, 3.05) is 20.2 Å². The van der Waals surface area contributed by atoms with Crippen LogP contribution in [0.3, 0.4) is 0 Å². The molecule has 0 spiro atoms. The third-order valence-corrected chi connectivity index (χ3v) is 5.67. The second-order valence-electron chi connectivity index (χ2n) is 6.56. The zero-order chi connectivity index (χ0) is 19.5. The average Bonchev–Trinajstić information content (AvgIpc) is 3.31. The molecule has 0 saturated carbocycles. The van der Waals surface area contributed by atoms with E-state index < -0.39 is 0 Å². The van der Waals surface area contributed by atoms with Gasteiger partial charge in [0.2, 0.25) is 0 Å². The molecule has 0 bridgehead atoms. The SMILES string of the molecule is COc1ccccc1CCN1CC(O)=C(c2nc(-c3ccccc3)cs2)C1=N. The summed E-state index contributed by atoms with van der Waals surface area (Å²) in [5.74, 6) is 1.37. The molecule has 6 heteroatoms. The number of benzene rings is 2. The maximum absolute atomic E-state index is 10.5. The predicted molar refractivity (Wildman–Crippen MR) is 113 cm³/mol. The normalized spacial score (nSPS) is 14.0. The number of hydrogen-bond donors (Lipinski definition) is 2. The summed E-state index contributed by atoms with van der Waals surface area (Å²) in [5.41, 5.74) is 3.52. The summed E-state index contributed by atoms with van der Waals surface area (Å²) in [7, 11) is 1.66. The zero-order valence-corrected chi connectivity index (χ0v) is 16.4. The Hall–Kier alpha value is -3.12. The van der Waals surface area contributed by atoms with Gasteiger partial charge in [-0.2, -0.15) is 0 Å². The fourth-order valence-corrected chi connectivity index (χ4v) is 4.24. The number of para-hydroxylation sites is 1. The number of ether oxygens (including phenoxy) is 1. The lowest BCUT2D eigenvalue weighted by Crippen LogP contribution is -2.28. The summed E-state index contributed by atoms with van der Waals surface area (Å²) in [4.78, 5) is 6.53. The van der Waals surface area contributed by atoms with Crippen molar-refractivity contribution in [3.8, 4) is 17.0 Å². The smallest absolute Gasteiger partial charge is 0.135 e. The average molecular weight is 391 g/mol. The second-order valence-corrected chi connectivity index (χ2v) is 7.42. The van der Waals surface area contributed by atoms with Crippen LogP contribution in [0.2, 0.25) is 0 Å². The Bertz CT molecular complexity index is 1030. The summed E-state index contributed by atoms with van der Waals surface area (Å²) >= 11 is 1.46. The van der Waals surface area contributed by atoms with Crippen LogP contribution in [0.25, 0.3) is 16.8 Å². The molecule has 142 valence electrons. The van der Waals surface area contributed by atoms with Crippen molar-refractivity contribution in [1.29, 1.82) is 5.41 Å². The number of aliphatic hydroxyl groups excluding tert-OH is 1. The van der Waals surface area contributed by atoms with E-state index in [1.54, 1.807) is 7.11 Å². The zero-order valence-electron chi connectivity index (χ0n) is 15.6. The van der Waals surface area contributed by atoms with E-state index in [-0.39, 0.29) is 5.76 Å². The van der Waals surface area contributed by atoms with E-state index in [9.17, 15) is 5.11 Å². The minimum atomic E-state index is 0.207. The van der Waals surface area contributed by atoms with E-state index in [1.165, 1.54) is 11.3 Å². The maximum Gasteiger partial charge on any atom is 0.135 e. The monoisotopic (exact) mass is 391 g/mol. The Kier molecular flexibility index (Phi) is 5.12. The van der Waals surface area contributed by atoms with Crippen LogP contribution in [0, 0.1) is 5.41 Å². The Balaban J connectivity index is 1.49. The number of nitrogens with one attached hydrogen (secondary N) is 1. The number of thiazole rings is 1. The molecule has 4 rings (SSSR count). The van der Waals surface area contributed by atoms with Gasteiger partial charge in [-0.1, -0.05) is 48.5 Å². The van der Waals surface area contributed by atoms with Crippen LogP contribution >= 0.6 is 11.3 Å². The summed E-state index contributed by atoms with van der Waals surface area (Å²) in [5, 5.41) is 21.7. The van der Waals surface area contributed by atoms with Gasteiger partial charge in [-0.05, 0) is 18.1 Å². The first kappa shape index (κ1) is 18.3. The van der Waals surface area contributed by atoms with Crippen LogP contribution < -0.4 is 4.74 Å². The molecular weight excluding hydrogens is 370 g/mol. The lowest BCUT2D eigenvalue weighted by atomic mass is 10.1. The van der Waals surface area contributed by atoms with Gasteiger partial charge in [-0.3, -0.25) is 5.41 Å². The topological polar surface area (TPSA) is 69.4 Å². The first-order valence-electron chi connectivity index (χ1n) is 9.06. The lowest BCUT2D eigenvalue weighted by molar-refractivity contribution is 0.349. The van der Waals surface area contributed by atoms with E-state index in [0.29, 0.717) is 29.5 Å². The van der Waals surface area contributed by atoms with Crippen molar-refractivity contribution in [3.05, 3.63) is 76.3 Å². The number of rotatable bonds is 6. The molecule has 2 N–H and O–H groups in total. The van der Waals surface area contributed by atoms with E-state index in [0.717, 1.165) is 29.0 Å². The fourth-order valence-electron chi connectivity index (χ4n) is 3.34. The van der Waals surface area contributed by atoms with Gasteiger partial charge in [0, 0.05) is 17.5 Å². The third-order valence-electron chi connectivity index (χ3n) is 4.81. The van der Waals surface area contributed by atoms with Crippen molar-refractivity contribution >= 4 is 22.7 Å². The van der Waals surface area contributed by atoms with Crippen molar-refractivity contribution in [3.63, 3.8) is 0 Å². The summed E-state index contributed by atoms with van der Waals surface area (Å²) in [6.07, 6.45) is 0.736. The van der Waals surface area contributed by atoms with E-state index >= 15 is 0 Å². The quantitative estimate of drug-likeness (QED) is 0.643. The fraction of sp³-hybridized carbons (Fsp3) is 0.182. The number of hydrogen-bond acceptors (Lipinski definition) is 5. The maximum atomic E-state index is 10.5. The van der Waals surface area contributed by atoms with Crippen LogP contribution in [0.1, 0.15) is 10.6 Å². The molecule has 1 aliphatic heterocycles. The van der Waals surface area contributed by atoms with Crippen molar-refractivity contribution in [2.24, 2.45) is 0 Å². The van der Waals surface area contributed by atoms with Crippen LogP contribution in [-0.2, 0) is 6.42 Å². The van der Waals surface area contributed by atoms with Gasteiger partial charge in [-0.15, -0.1) is 11.3 Å². The molecule has 2 aromatic carbocycles. The molecule has 28 heavy (non-hydrogen) atoms. The standard InChI is InChI=1S/C22H21N3O2S/c1-27-19-10-6-5-9-16(19)11-12-25-13-18(26)20(21(25)23)22-24-17(14-28-22)15-7-3-2-4-8-15/h2-10,14,23,26H,11-13H2,1H3. The molecule has 3 aromatic rings. The minimum absolute atomic E-state index is 0.207. The van der Waals surface area contributed by atoms with Crippen molar-refractivity contribution < 1.29 is 9.84 Å². The van der Waals surface area contributed by atoms with Gasteiger partial charge in [0.15, 0.2) is 0 Å². The van der Waals surface area contributed by atoms with E-state index in [2.05, 4.69) is 4.98 Å². The minimum Gasteiger partial charge on any atom is -0.510 e. The highest BCUT2D eigenvalue weighted by atomic mass is 32.1. The largest absolute Gasteiger partial charge is 0.510 e. The first-order chi connectivity index (χ1) is 13.7. The van der Waals surface area contributed by atoms with Crippen LogP contribution in [0.5, 0.6) is 5.75 Å². The molecule has 0 atom stereocenters. The van der Waals surface area contributed by atoms with Gasteiger partial charge in [-0.25, -0.2) is 4.98 Å². The molecule has 5 nitrogen and oxygen atoms in total. The molecule has 0 radical (unpaired) electrons. The van der Waals surface area contributed by atoms with Crippen molar-refractivity contribution in [2.45, 2.75) is 6.42 Å². The number of amidine groups is 1. The highest BCUT2D eigenvalue weighted by molar-refractivity contribution is 7.11. The van der Waals surface area contributed by atoms with Crippen LogP contribution in [0.4, 0.5) is 0 Å². The lowest BCUT2D eigenvalue weighted by Gasteiger charge is -2.19. The molecule has 0 amide bonds. The first-order valence-corrected chi connectivity index (χ1v) is 9.94. The van der Waals surface area contributed by atoms with Gasteiger partial charge in [0.25, 0.3) is 0 Å². The molecule has 0 fully saturated rings. The molecule has 1 aromatic heterocycles. The van der Waals surface area contributed by atoms with Crippen LogP contribution in [-0.4, -0.2) is 41.0 Å². The number of nitrogens with zero attached hydrogens (tertiary/aromatic N) is 2. The van der Waals surface area contributed by atoms with Crippen LogP contribution in [0.15, 0.2) is 65.7 Å². The summed E-state index contributed by atoms with van der Waals surface area (Å²) < 4.78 is 5.40. The Labute approximate surface area is 168 Å². The van der Waals surface area contributed by atoms with E-state index in [4.69, 9.17) is 10.1 Å². The number of aromatic nitrogens is 1. The Morgan fingerprint density at radius 3 is 2.68 bits per heavy atom. The highest BCUT2D eigenvalue weighted by Crippen LogP contribution is 2.32. The summed E-state index contributed by atoms with van der Waals surface area (Å²) in [6.45, 7) is 0.966. The molecule has 2 heterocycles. The molecule has 1 aliphatic rings. The Morgan fingerprint density at radius 1 is 1.14 bits per heavy atom. The van der Waals surface area contributed by atoms with Gasteiger partial charge in [0.1, 0.15) is 22.4 Å². The highest BCUT2D eigenvalue weighted by Gasteiger charge is 2.30. The Morgan fingerprint density at radius 2 is 1.89 bits per heavy atom. The summed E-state index contributed by atoms with van der Waals surface area (Å²) in [6, 6.07) is 17.8. The van der Waals surface area contributed by atoms with Gasteiger partial charge in [0.05, 0.1) is 24.9 Å².